The van der Waals surface area contributed by atoms with Crippen molar-refractivity contribution in [1.82, 2.24) is 0 Å². The first-order chi connectivity index (χ1) is 20.8. The SMILES string of the molecule is c1ccc2c(c1)Sc1cccc3cc(-c4ccc5c(c4)C4(c6ccccc6-c6ccccc64)c4ccccc4-5)cc-2c13. The van der Waals surface area contributed by atoms with Gasteiger partial charge in [-0.05, 0) is 102 Å². The molecule has 0 amide bonds. The quantitative estimate of drug-likeness (QED) is 0.197. The minimum absolute atomic E-state index is 0.323. The van der Waals surface area contributed by atoms with Gasteiger partial charge in [-0.3, -0.25) is 0 Å². The van der Waals surface area contributed by atoms with Gasteiger partial charge in [-0.2, -0.15) is 0 Å². The molecule has 3 aliphatic rings. The van der Waals surface area contributed by atoms with Crippen LogP contribution in [0.4, 0.5) is 0 Å². The van der Waals surface area contributed by atoms with Crippen LogP contribution in [0.5, 0.6) is 0 Å². The fourth-order valence-electron chi connectivity index (χ4n) is 8.03. The highest BCUT2D eigenvalue weighted by Gasteiger charge is 2.51. The van der Waals surface area contributed by atoms with Gasteiger partial charge in [0.15, 0.2) is 0 Å². The summed E-state index contributed by atoms with van der Waals surface area (Å²) in [6, 6.07) is 54.7. The Hall–Kier alpha value is -4.85. The Morgan fingerprint density at radius 2 is 0.929 bits per heavy atom. The van der Waals surface area contributed by atoms with Gasteiger partial charge in [-0.15, -0.1) is 0 Å². The van der Waals surface area contributed by atoms with E-state index in [9.17, 15) is 0 Å². The second-order valence-corrected chi connectivity index (χ2v) is 12.7. The molecule has 194 valence electrons. The molecule has 0 bridgehead atoms. The summed E-state index contributed by atoms with van der Waals surface area (Å²) in [6.07, 6.45) is 0. The summed E-state index contributed by atoms with van der Waals surface area (Å²) in [7, 11) is 0. The molecule has 0 saturated carbocycles. The van der Waals surface area contributed by atoms with E-state index in [1.807, 2.05) is 11.8 Å². The van der Waals surface area contributed by atoms with Gasteiger partial charge in [0.1, 0.15) is 0 Å². The van der Waals surface area contributed by atoms with Crippen LogP contribution in [0.15, 0.2) is 155 Å². The van der Waals surface area contributed by atoms with Gasteiger partial charge in [0.25, 0.3) is 0 Å². The third-order valence-corrected chi connectivity index (χ3v) is 10.8. The summed E-state index contributed by atoms with van der Waals surface area (Å²) in [5.41, 5.74) is 15.8. The Balaban J connectivity index is 1.28. The lowest BCUT2D eigenvalue weighted by Gasteiger charge is -2.30. The van der Waals surface area contributed by atoms with E-state index in [1.165, 1.54) is 87.3 Å². The molecule has 1 aliphatic heterocycles. The Morgan fingerprint density at radius 3 is 1.62 bits per heavy atom. The summed E-state index contributed by atoms with van der Waals surface area (Å²) in [6.45, 7) is 0. The van der Waals surface area contributed by atoms with Crippen LogP contribution >= 0.6 is 11.8 Å². The Kier molecular flexibility index (Phi) is 4.41. The normalized spacial score (nSPS) is 14.3. The zero-order valence-corrected chi connectivity index (χ0v) is 23.6. The predicted octanol–water partition coefficient (Wildman–Crippen LogP) is 11.0. The predicted molar refractivity (Wildman–Crippen MR) is 175 cm³/mol. The van der Waals surface area contributed by atoms with Gasteiger partial charge in [-0.25, -0.2) is 0 Å². The number of benzene rings is 7. The zero-order valence-electron chi connectivity index (χ0n) is 22.8. The fourth-order valence-corrected chi connectivity index (χ4v) is 9.18. The Bertz CT molecular complexity index is 2230. The largest absolute Gasteiger partial charge is 0.0888 e. The maximum atomic E-state index is 2.50. The van der Waals surface area contributed by atoms with E-state index in [-0.39, 0.29) is 5.41 Å². The topological polar surface area (TPSA) is 0 Å². The Labute approximate surface area is 249 Å². The van der Waals surface area contributed by atoms with E-state index in [0.29, 0.717) is 0 Å². The molecule has 1 spiro atoms. The molecule has 0 unspecified atom stereocenters. The first-order valence-electron chi connectivity index (χ1n) is 14.6. The summed E-state index contributed by atoms with van der Waals surface area (Å²) >= 11 is 1.89. The molecule has 1 heteroatoms. The summed E-state index contributed by atoms with van der Waals surface area (Å²) in [5, 5.41) is 2.67. The van der Waals surface area contributed by atoms with Gasteiger partial charge in [0.2, 0.25) is 0 Å². The molecule has 7 aromatic carbocycles. The number of hydrogen-bond donors (Lipinski definition) is 0. The minimum atomic E-state index is -0.323. The van der Waals surface area contributed by atoms with E-state index in [0.717, 1.165) is 0 Å². The molecule has 0 aromatic heterocycles. The molecule has 1 heterocycles. The van der Waals surface area contributed by atoms with Crippen molar-refractivity contribution in [2.75, 3.05) is 0 Å². The van der Waals surface area contributed by atoms with E-state index < -0.39 is 0 Å². The second kappa shape index (κ2) is 8.12. The van der Waals surface area contributed by atoms with Gasteiger partial charge < -0.3 is 0 Å². The van der Waals surface area contributed by atoms with Crippen molar-refractivity contribution in [3.05, 3.63) is 168 Å². The average Bonchev–Trinajstić information content (AvgIpc) is 3.52. The van der Waals surface area contributed by atoms with Crippen molar-refractivity contribution < 1.29 is 0 Å². The van der Waals surface area contributed by atoms with Crippen LogP contribution in [-0.2, 0) is 5.41 Å². The summed E-state index contributed by atoms with van der Waals surface area (Å²) < 4.78 is 0. The fraction of sp³-hybridized carbons (Fsp3) is 0.0244. The number of rotatable bonds is 1. The second-order valence-electron chi connectivity index (χ2n) is 11.6. The highest BCUT2D eigenvalue weighted by atomic mass is 32.2. The van der Waals surface area contributed by atoms with Gasteiger partial charge in [0.05, 0.1) is 5.41 Å². The zero-order chi connectivity index (χ0) is 27.4. The molecule has 0 fully saturated rings. The van der Waals surface area contributed by atoms with Crippen molar-refractivity contribution in [3.8, 4) is 44.5 Å². The number of hydrogen-bond acceptors (Lipinski definition) is 1. The standard InChI is InChI=1S/C41H24S/c1-5-15-34-28(11-1)29-12-2-6-16-35(29)41(34)36-17-7-3-13-30(36)31-21-20-25(24-37(31)41)27-22-26-10-9-19-39-40(26)33(23-27)32-14-4-8-18-38(32)42-39/h1-24H. The van der Waals surface area contributed by atoms with Crippen molar-refractivity contribution in [2.24, 2.45) is 0 Å². The average molecular weight is 549 g/mol. The molecule has 42 heavy (non-hydrogen) atoms. The first-order valence-corrected chi connectivity index (χ1v) is 15.4. The van der Waals surface area contributed by atoms with Gasteiger partial charge >= 0.3 is 0 Å². The third kappa shape index (κ3) is 2.75. The molecule has 0 radical (unpaired) electrons. The maximum absolute atomic E-state index is 2.50. The van der Waals surface area contributed by atoms with Crippen molar-refractivity contribution in [1.29, 1.82) is 0 Å². The first kappa shape index (κ1) is 22.8. The molecule has 0 nitrogen and oxygen atoms in total. The monoisotopic (exact) mass is 548 g/mol. The van der Waals surface area contributed by atoms with Crippen molar-refractivity contribution in [2.45, 2.75) is 15.2 Å². The van der Waals surface area contributed by atoms with Crippen LogP contribution in [0.25, 0.3) is 55.3 Å². The molecular weight excluding hydrogens is 525 g/mol. The van der Waals surface area contributed by atoms with Gasteiger partial charge in [-0.1, -0.05) is 127 Å². The summed E-state index contributed by atoms with van der Waals surface area (Å²) in [5.74, 6) is 0. The Morgan fingerprint density at radius 1 is 0.357 bits per heavy atom. The highest BCUT2D eigenvalue weighted by Crippen LogP contribution is 2.63. The van der Waals surface area contributed by atoms with Crippen LogP contribution in [0.2, 0.25) is 0 Å². The lowest BCUT2D eigenvalue weighted by molar-refractivity contribution is 0.794. The van der Waals surface area contributed by atoms with Crippen LogP contribution in [0.3, 0.4) is 0 Å². The van der Waals surface area contributed by atoms with Crippen LogP contribution in [0.1, 0.15) is 22.3 Å². The molecular formula is C41H24S. The minimum Gasteiger partial charge on any atom is -0.0888 e. The van der Waals surface area contributed by atoms with Crippen LogP contribution in [0, 0.1) is 0 Å². The third-order valence-electron chi connectivity index (χ3n) is 9.67. The van der Waals surface area contributed by atoms with Crippen LogP contribution < -0.4 is 0 Å². The molecule has 0 saturated heterocycles. The molecule has 0 N–H and O–H groups in total. The lowest BCUT2D eigenvalue weighted by atomic mass is 9.70. The van der Waals surface area contributed by atoms with E-state index in [1.54, 1.807) is 0 Å². The molecule has 10 rings (SSSR count). The number of fused-ring (bicyclic) bond motifs is 12. The van der Waals surface area contributed by atoms with E-state index in [2.05, 4.69) is 146 Å². The van der Waals surface area contributed by atoms with Gasteiger partial charge in [0, 0.05) is 15.2 Å². The van der Waals surface area contributed by atoms with Crippen molar-refractivity contribution in [3.63, 3.8) is 0 Å². The molecule has 0 atom stereocenters. The van der Waals surface area contributed by atoms with E-state index >= 15 is 0 Å². The molecule has 2 aliphatic carbocycles. The maximum Gasteiger partial charge on any atom is 0.0725 e. The summed E-state index contributed by atoms with van der Waals surface area (Å²) in [4.78, 5) is 2.67. The van der Waals surface area contributed by atoms with E-state index in [4.69, 9.17) is 0 Å². The molecule has 7 aromatic rings. The highest BCUT2D eigenvalue weighted by molar-refractivity contribution is 7.99. The smallest absolute Gasteiger partial charge is 0.0725 e. The lowest BCUT2D eigenvalue weighted by Crippen LogP contribution is -2.25. The van der Waals surface area contributed by atoms with Crippen molar-refractivity contribution >= 4 is 22.5 Å². The van der Waals surface area contributed by atoms with Crippen LogP contribution in [-0.4, -0.2) is 0 Å².